The van der Waals surface area contributed by atoms with Crippen LogP contribution >= 0.6 is 102 Å². The number of nitrogens with zero attached hydrogens (tertiary/aromatic N) is 1. The lowest BCUT2D eigenvalue weighted by Crippen LogP contribution is -2.13. The second-order valence-electron chi connectivity index (χ2n) is 8.49. The van der Waals surface area contributed by atoms with Crippen LogP contribution in [0.2, 0.25) is 0 Å². The molecule has 2 aliphatic heterocycles. The second-order valence-corrected chi connectivity index (χ2v) is 19.1. The summed E-state index contributed by atoms with van der Waals surface area (Å²) in [6.45, 7) is 6.45. The van der Waals surface area contributed by atoms with E-state index in [9.17, 15) is 8.42 Å². The average Bonchev–Trinajstić information content (AvgIpc) is 3.55. The molecule has 37 heavy (non-hydrogen) atoms. The van der Waals surface area contributed by atoms with E-state index in [1.54, 1.807) is 35.7 Å². The van der Waals surface area contributed by atoms with Crippen molar-refractivity contribution in [3.05, 3.63) is 56.0 Å². The van der Waals surface area contributed by atoms with Gasteiger partial charge < -0.3 is 0 Å². The number of fused-ring (bicyclic) bond motifs is 1. The van der Waals surface area contributed by atoms with Crippen LogP contribution in [-0.2, 0) is 10.0 Å². The topological polar surface area (TPSA) is 39.1 Å². The Labute approximate surface area is 263 Å². The summed E-state index contributed by atoms with van der Waals surface area (Å²) in [7, 11) is -3.72. The van der Waals surface area contributed by atoms with Crippen molar-refractivity contribution in [2.24, 2.45) is 0 Å². The first-order valence-corrected chi connectivity index (χ1v) is 20.4. The summed E-state index contributed by atoms with van der Waals surface area (Å²) in [5, 5.41) is 0. The highest BCUT2D eigenvalue weighted by Gasteiger charge is 2.36. The first-order chi connectivity index (χ1) is 17.8. The second kappa shape index (κ2) is 14.2. The van der Waals surface area contributed by atoms with E-state index < -0.39 is 10.0 Å². The molecule has 0 N–H and O–H groups in total. The molecule has 2 aliphatic rings. The molecule has 0 aliphatic carbocycles. The van der Waals surface area contributed by atoms with Crippen molar-refractivity contribution in [3.8, 4) is 0 Å². The minimum Gasteiger partial charge on any atom is -0.219 e. The largest absolute Gasteiger partial charge is 0.269 e. The van der Waals surface area contributed by atoms with Crippen LogP contribution in [-0.4, -0.2) is 23.9 Å². The molecule has 0 amide bonds. The SMILES string of the molecule is CCCCCSC1=C(SCCCCC)SC(=C2Sc3c(c(Br)n(S(=O)(=O)c4ccc(C)cc4)c3Br)S2)S1. The van der Waals surface area contributed by atoms with E-state index in [1.165, 1.54) is 59.4 Å². The predicted octanol–water partition coefficient (Wildman–Crippen LogP) is 11.3. The first kappa shape index (κ1) is 30.9. The van der Waals surface area contributed by atoms with Gasteiger partial charge in [0.15, 0.2) is 0 Å². The number of thioether (sulfide) groups is 6. The maximum atomic E-state index is 13.5. The van der Waals surface area contributed by atoms with E-state index in [1.807, 2.05) is 66.1 Å². The van der Waals surface area contributed by atoms with E-state index >= 15 is 0 Å². The summed E-state index contributed by atoms with van der Waals surface area (Å²) >= 11 is 18.4. The highest BCUT2D eigenvalue weighted by molar-refractivity contribution is 9.11. The van der Waals surface area contributed by atoms with Crippen LogP contribution in [0.1, 0.15) is 57.9 Å². The lowest BCUT2D eigenvalue weighted by Gasteiger charge is -2.11. The van der Waals surface area contributed by atoms with Crippen LogP contribution in [0.5, 0.6) is 0 Å². The molecule has 202 valence electrons. The smallest absolute Gasteiger partial charge is 0.219 e. The van der Waals surface area contributed by atoms with Crippen molar-refractivity contribution in [2.45, 2.75) is 74.0 Å². The third-order valence-corrected chi connectivity index (χ3v) is 18.6. The maximum Gasteiger partial charge on any atom is 0.269 e. The van der Waals surface area contributed by atoms with Gasteiger partial charge in [-0.1, -0.05) is 104 Å². The molecule has 0 saturated heterocycles. The molecule has 1 aromatic heterocycles. The molecular weight excluding hydrogens is 731 g/mol. The Morgan fingerprint density at radius 3 is 1.68 bits per heavy atom. The Morgan fingerprint density at radius 2 is 1.22 bits per heavy atom. The molecular formula is C25H29Br2NO2S7. The minimum absolute atomic E-state index is 0.280. The monoisotopic (exact) mass is 757 g/mol. The normalized spacial score (nSPS) is 15.8. The van der Waals surface area contributed by atoms with Gasteiger partial charge in [-0.15, -0.1) is 23.5 Å². The fraction of sp³-hybridized carbons (Fsp3) is 0.440. The molecule has 0 radical (unpaired) electrons. The zero-order valence-electron chi connectivity index (χ0n) is 20.8. The maximum absolute atomic E-state index is 13.5. The van der Waals surface area contributed by atoms with Crippen LogP contribution in [0.15, 0.2) is 65.1 Å². The van der Waals surface area contributed by atoms with Crippen LogP contribution in [0.25, 0.3) is 0 Å². The minimum atomic E-state index is -3.72. The highest BCUT2D eigenvalue weighted by atomic mass is 79.9. The molecule has 0 saturated carbocycles. The van der Waals surface area contributed by atoms with Crippen molar-refractivity contribution in [3.63, 3.8) is 0 Å². The summed E-state index contributed by atoms with van der Waals surface area (Å²) in [4.78, 5) is 2.19. The number of hydrogen-bond donors (Lipinski definition) is 0. The molecule has 0 bridgehead atoms. The van der Waals surface area contributed by atoms with Crippen LogP contribution in [0.4, 0.5) is 0 Å². The van der Waals surface area contributed by atoms with Gasteiger partial charge >= 0.3 is 0 Å². The molecule has 2 aromatic rings. The predicted molar refractivity (Wildman–Crippen MR) is 179 cm³/mol. The van der Waals surface area contributed by atoms with Crippen molar-refractivity contribution in [1.29, 1.82) is 0 Å². The number of unbranched alkanes of at least 4 members (excludes halogenated alkanes) is 4. The van der Waals surface area contributed by atoms with E-state index in [-0.39, 0.29) is 4.90 Å². The number of halogens is 2. The quantitative estimate of drug-likeness (QED) is 0.198. The summed E-state index contributed by atoms with van der Waals surface area (Å²) < 4.78 is 34.9. The van der Waals surface area contributed by atoms with Gasteiger partial charge in [0, 0.05) is 0 Å². The van der Waals surface area contributed by atoms with Gasteiger partial charge in [0.1, 0.15) is 9.21 Å². The Kier molecular flexibility index (Phi) is 11.9. The molecule has 3 heterocycles. The summed E-state index contributed by atoms with van der Waals surface area (Å²) in [5.74, 6) is 2.33. The van der Waals surface area contributed by atoms with Crippen molar-refractivity contribution in [2.75, 3.05) is 11.5 Å². The standard InChI is InChI=1S/C25H29Br2NO2S7/c1-4-6-8-14-31-22-23(32-15-9-7-5-2)36-25(35-22)24-33-18-19(34-24)21(27)28(20(18)26)37(29,30)17-12-10-16(3)11-13-17/h10-13H,4-9,14-15H2,1-3H3. The van der Waals surface area contributed by atoms with Crippen molar-refractivity contribution >= 4 is 112 Å². The summed E-state index contributed by atoms with van der Waals surface area (Å²) in [6.07, 6.45) is 7.56. The molecule has 1 aromatic carbocycles. The number of aryl methyl sites for hydroxylation is 1. The average molecular weight is 760 g/mol. The lowest BCUT2D eigenvalue weighted by molar-refractivity contribution is 0.585. The van der Waals surface area contributed by atoms with Crippen LogP contribution < -0.4 is 0 Å². The Balaban J connectivity index is 1.54. The van der Waals surface area contributed by atoms with Gasteiger partial charge in [-0.25, -0.2) is 12.4 Å². The molecule has 3 nitrogen and oxygen atoms in total. The van der Waals surface area contributed by atoms with Gasteiger partial charge in [-0.3, -0.25) is 0 Å². The molecule has 0 spiro atoms. The highest BCUT2D eigenvalue weighted by Crippen LogP contribution is 2.66. The van der Waals surface area contributed by atoms with Crippen molar-refractivity contribution < 1.29 is 8.42 Å². The van der Waals surface area contributed by atoms with Gasteiger partial charge in [0.05, 0.1) is 31.6 Å². The Bertz CT molecular complexity index is 1240. The third-order valence-electron chi connectivity index (χ3n) is 5.55. The molecule has 0 unspecified atom stereocenters. The van der Waals surface area contributed by atoms with Gasteiger partial charge in [0.2, 0.25) is 0 Å². The van der Waals surface area contributed by atoms with Crippen molar-refractivity contribution in [1.82, 2.24) is 3.97 Å². The zero-order chi connectivity index (χ0) is 26.6. The van der Waals surface area contributed by atoms with Crippen LogP contribution in [0.3, 0.4) is 0 Å². The Hall–Kier alpha value is 0.990. The van der Waals surface area contributed by atoms with Crippen LogP contribution in [0, 0.1) is 6.92 Å². The fourth-order valence-electron chi connectivity index (χ4n) is 3.52. The number of aromatic nitrogens is 1. The van der Waals surface area contributed by atoms with E-state index in [0.717, 1.165) is 26.9 Å². The fourth-order valence-corrected chi connectivity index (χ4v) is 16.6. The molecule has 0 fully saturated rings. The van der Waals surface area contributed by atoms with Gasteiger partial charge in [-0.05, 0) is 75.3 Å². The first-order valence-electron chi connectivity index (χ1n) is 12.1. The number of benzene rings is 1. The van der Waals surface area contributed by atoms with E-state index in [0.29, 0.717) is 9.21 Å². The molecule has 4 rings (SSSR count). The summed E-state index contributed by atoms with van der Waals surface area (Å²) in [6, 6.07) is 6.99. The van der Waals surface area contributed by atoms with Gasteiger partial charge in [0.25, 0.3) is 10.0 Å². The molecule has 12 heteroatoms. The van der Waals surface area contributed by atoms with E-state index in [4.69, 9.17) is 0 Å². The van der Waals surface area contributed by atoms with E-state index in [2.05, 4.69) is 45.7 Å². The Morgan fingerprint density at radius 1 is 0.757 bits per heavy atom. The summed E-state index contributed by atoms with van der Waals surface area (Å²) in [5.41, 5.74) is 1.03. The third kappa shape index (κ3) is 7.26. The molecule has 0 atom stereocenters. The number of rotatable bonds is 12. The number of hydrogen-bond acceptors (Lipinski definition) is 8. The van der Waals surface area contributed by atoms with Gasteiger partial charge in [-0.2, -0.15) is 0 Å². The zero-order valence-corrected chi connectivity index (χ0v) is 29.7. The lowest BCUT2D eigenvalue weighted by atomic mass is 10.2.